The Bertz CT molecular complexity index is 508. The molecular formula is C15H24Br2O3Si. The van der Waals surface area contributed by atoms with Crippen LogP contribution in [0.3, 0.4) is 0 Å². The molecule has 2 aliphatic heterocycles. The van der Waals surface area contributed by atoms with Crippen LogP contribution in [0.4, 0.5) is 0 Å². The second-order valence-electron chi connectivity index (χ2n) is 7.46. The third-order valence-corrected chi connectivity index (χ3v) is 12.0. The van der Waals surface area contributed by atoms with Crippen LogP contribution in [0.1, 0.15) is 27.7 Å². The van der Waals surface area contributed by atoms with Gasteiger partial charge in [-0.1, -0.05) is 52.6 Å². The van der Waals surface area contributed by atoms with Crippen molar-refractivity contribution in [2.24, 2.45) is 0 Å². The number of hydrogen-bond donors (Lipinski definition) is 1. The molecule has 0 unspecified atom stereocenters. The van der Waals surface area contributed by atoms with Gasteiger partial charge < -0.3 is 14.3 Å². The van der Waals surface area contributed by atoms with Crippen LogP contribution in [0.5, 0.6) is 0 Å². The maximum atomic E-state index is 10.2. The highest BCUT2D eigenvalue weighted by Gasteiger charge is 2.50. The molecule has 2 rings (SSSR count). The summed E-state index contributed by atoms with van der Waals surface area (Å²) in [6, 6.07) is 0. The van der Waals surface area contributed by atoms with Gasteiger partial charge >= 0.3 is 0 Å². The van der Waals surface area contributed by atoms with Crippen LogP contribution in [0.25, 0.3) is 0 Å². The molecule has 0 saturated carbocycles. The average molecular weight is 440 g/mol. The Morgan fingerprint density at radius 1 is 1.38 bits per heavy atom. The smallest absolute Gasteiger partial charge is 0.192 e. The predicted octanol–water partition coefficient (Wildman–Crippen LogP) is 4.47. The number of aliphatic hydroxyl groups excluding tert-OH is 1. The molecular weight excluding hydrogens is 416 g/mol. The minimum absolute atomic E-state index is 0.177. The lowest BCUT2D eigenvalue weighted by Crippen LogP contribution is -2.44. The third kappa shape index (κ3) is 3.00. The molecule has 2 heterocycles. The van der Waals surface area contributed by atoms with Crippen molar-refractivity contribution in [3.05, 3.63) is 20.6 Å². The SMILES string of the molecule is CC(C)(C)[Si](C)(C)OCC1=C[C@@H]2O[C@@]1(C)C(Br)=C(Br)[C@H]2O. The largest absolute Gasteiger partial charge is 0.413 e. The molecule has 0 saturated heterocycles. The third-order valence-electron chi connectivity index (χ3n) is 4.94. The van der Waals surface area contributed by atoms with Crippen LogP contribution < -0.4 is 0 Å². The Kier molecular flexibility index (Phi) is 4.74. The zero-order valence-corrected chi connectivity index (χ0v) is 17.6. The summed E-state index contributed by atoms with van der Waals surface area (Å²) >= 11 is 7.03. The Morgan fingerprint density at radius 3 is 2.48 bits per heavy atom. The summed E-state index contributed by atoms with van der Waals surface area (Å²) in [5, 5.41) is 10.4. The number of rotatable bonds is 3. The Morgan fingerprint density at radius 2 is 1.95 bits per heavy atom. The van der Waals surface area contributed by atoms with Crippen LogP contribution in [0.2, 0.25) is 18.1 Å². The molecule has 0 fully saturated rings. The van der Waals surface area contributed by atoms with E-state index < -0.39 is 20.0 Å². The molecule has 0 aromatic carbocycles. The van der Waals surface area contributed by atoms with E-state index in [1.54, 1.807) is 0 Å². The van der Waals surface area contributed by atoms with Gasteiger partial charge in [0.25, 0.3) is 0 Å². The summed E-state index contributed by atoms with van der Waals surface area (Å²) in [4.78, 5) is 0. The van der Waals surface area contributed by atoms with Crippen LogP contribution in [0.15, 0.2) is 20.6 Å². The van der Waals surface area contributed by atoms with E-state index in [2.05, 4.69) is 65.7 Å². The maximum absolute atomic E-state index is 10.2. The molecule has 1 N–H and O–H groups in total. The van der Waals surface area contributed by atoms with Gasteiger partial charge in [0, 0.05) is 8.96 Å². The van der Waals surface area contributed by atoms with E-state index in [4.69, 9.17) is 9.16 Å². The minimum Gasteiger partial charge on any atom is -0.413 e. The zero-order valence-electron chi connectivity index (χ0n) is 13.5. The first kappa shape index (κ1) is 17.9. The van der Waals surface area contributed by atoms with Crippen molar-refractivity contribution in [2.75, 3.05) is 6.61 Å². The van der Waals surface area contributed by atoms with Gasteiger partial charge in [0.2, 0.25) is 0 Å². The Labute approximate surface area is 145 Å². The summed E-state index contributed by atoms with van der Waals surface area (Å²) in [5.41, 5.74) is 0.545. The van der Waals surface area contributed by atoms with Crippen LogP contribution >= 0.6 is 31.9 Å². The molecule has 0 aromatic rings. The van der Waals surface area contributed by atoms with E-state index in [9.17, 15) is 5.11 Å². The van der Waals surface area contributed by atoms with E-state index >= 15 is 0 Å². The zero-order chi connectivity index (χ0) is 16.2. The van der Waals surface area contributed by atoms with Crippen molar-refractivity contribution < 1.29 is 14.3 Å². The molecule has 0 amide bonds. The fourth-order valence-electron chi connectivity index (χ4n) is 2.25. The molecule has 120 valence electrons. The van der Waals surface area contributed by atoms with E-state index in [-0.39, 0.29) is 11.1 Å². The summed E-state index contributed by atoms with van der Waals surface area (Å²) in [5.74, 6) is 0. The summed E-state index contributed by atoms with van der Waals surface area (Å²) in [6.07, 6.45) is 1.05. The van der Waals surface area contributed by atoms with Crippen molar-refractivity contribution in [1.82, 2.24) is 0 Å². The molecule has 3 nitrogen and oxygen atoms in total. The van der Waals surface area contributed by atoms with Gasteiger partial charge in [-0.3, -0.25) is 0 Å². The van der Waals surface area contributed by atoms with Crippen molar-refractivity contribution >= 4 is 40.2 Å². The monoisotopic (exact) mass is 438 g/mol. The number of halogens is 2. The molecule has 6 heteroatoms. The molecule has 21 heavy (non-hydrogen) atoms. The number of hydrogen-bond acceptors (Lipinski definition) is 3. The Hall–Kier alpha value is 0.537. The molecule has 0 aliphatic carbocycles. The first-order valence-corrected chi connectivity index (χ1v) is 11.7. The quantitative estimate of drug-likeness (QED) is 0.520. The van der Waals surface area contributed by atoms with Crippen LogP contribution in [0, 0.1) is 0 Å². The lowest BCUT2D eigenvalue weighted by Gasteiger charge is -2.39. The van der Waals surface area contributed by atoms with Gasteiger partial charge in [-0.05, 0) is 36.7 Å². The van der Waals surface area contributed by atoms with Crippen LogP contribution in [-0.4, -0.2) is 37.8 Å². The van der Waals surface area contributed by atoms with E-state index in [1.807, 2.05) is 13.0 Å². The summed E-state index contributed by atoms with van der Waals surface area (Å²) in [6.45, 7) is 13.7. The van der Waals surface area contributed by atoms with Gasteiger partial charge in [-0.25, -0.2) is 0 Å². The van der Waals surface area contributed by atoms with Gasteiger partial charge in [-0.15, -0.1) is 0 Å². The fourth-order valence-corrected chi connectivity index (χ4v) is 4.42. The Balaban J connectivity index is 2.20. The highest BCUT2D eigenvalue weighted by molar-refractivity contribution is 9.14. The van der Waals surface area contributed by atoms with Gasteiger partial charge in [0.15, 0.2) is 8.32 Å². The minimum atomic E-state index is -1.81. The van der Waals surface area contributed by atoms with Crippen LogP contribution in [-0.2, 0) is 9.16 Å². The molecule has 0 aromatic heterocycles. The first-order valence-electron chi connectivity index (χ1n) is 7.17. The molecule has 3 atom stereocenters. The van der Waals surface area contributed by atoms with E-state index in [0.29, 0.717) is 6.61 Å². The average Bonchev–Trinajstić information content (AvgIpc) is 2.67. The lowest BCUT2D eigenvalue weighted by atomic mass is 9.97. The van der Waals surface area contributed by atoms with Gasteiger partial charge in [0.1, 0.15) is 17.8 Å². The van der Waals surface area contributed by atoms with E-state index in [1.165, 1.54) is 0 Å². The van der Waals surface area contributed by atoms with Crippen molar-refractivity contribution in [3.63, 3.8) is 0 Å². The number of fused-ring (bicyclic) bond motifs is 2. The molecule has 2 bridgehead atoms. The standard InChI is InChI=1S/C15H24Br2O3Si/c1-14(2,3)21(5,6)19-8-9-7-10-12(18)11(16)13(17)15(9,4)20-10/h7,10,12,18H,8H2,1-6H3/t10-,12-,15+/m0/s1. The molecule has 0 radical (unpaired) electrons. The van der Waals surface area contributed by atoms with Gasteiger partial charge in [0.05, 0.1) is 6.61 Å². The highest BCUT2D eigenvalue weighted by Crippen LogP contribution is 2.49. The lowest BCUT2D eigenvalue weighted by molar-refractivity contribution is -0.0503. The highest BCUT2D eigenvalue weighted by atomic mass is 79.9. The van der Waals surface area contributed by atoms with Gasteiger partial charge in [-0.2, -0.15) is 0 Å². The second-order valence-corrected chi connectivity index (χ2v) is 13.9. The van der Waals surface area contributed by atoms with E-state index in [0.717, 1.165) is 14.5 Å². The van der Waals surface area contributed by atoms with Crippen molar-refractivity contribution in [1.29, 1.82) is 0 Å². The van der Waals surface area contributed by atoms with Crippen molar-refractivity contribution in [3.8, 4) is 0 Å². The number of ether oxygens (including phenoxy) is 1. The first-order chi connectivity index (χ1) is 9.40. The predicted molar refractivity (Wildman–Crippen MR) is 95.4 cm³/mol. The maximum Gasteiger partial charge on any atom is 0.192 e. The van der Waals surface area contributed by atoms with Crippen molar-refractivity contribution in [2.45, 2.75) is 63.6 Å². The summed E-state index contributed by atoms with van der Waals surface area (Å²) in [7, 11) is -1.81. The number of aliphatic hydroxyl groups is 1. The molecule has 2 aliphatic rings. The normalized spacial score (nSPS) is 33.5. The summed E-state index contributed by atoms with van der Waals surface area (Å²) < 4.78 is 13.9. The topological polar surface area (TPSA) is 38.7 Å². The second kappa shape index (κ2) is 5.56. The molecule has 0 spiro atoms. The fraction of sp³-hybridized carbons (Fsp3) is 0.733.